The number of rotatable bonds is 3. The van der Waals surface area contributed by atoms with Crippen molar-refractivity contribution < 1.29 is 4.79 Å². The zero-order valence-electron chi connectivity index (χ0n) is 10.6. The molecular formula is C16H13NOS. The van der Waals surface area contributed by atoms with Gasteiger partial charge in [-0.2, -0.15) is 0 Å². The number of nitrogens with zero attached hydrogens (tertiary/aromatic N) is 1. The van der Waals surface area contributed by atoms with Crippen molar-refractivity contribution in [2.45, 2.75) is 13.3 Å². The summed E-state index contributed by atoms with van der Waals surface area (Å²) in [7, 11) is 0. The summed E-state index contributed by atoms with van der Waals surface area (Å²) in [6.45, 7) is 1.95. The van der Waals surface area contributed by atoms with Crippen LogP contribution in [0.5, 0.6) is 0 Å². The summed E-state index contributed by atoms with van der Waals surface area (Å²) in [4.78, 5) is 16.8. The Hall–Kier alpha value is -2.00. The Labute approximate surface area is 115 Å². The minimum atomic E-state index is 0.127. The van der Waals surface area contributed by atoms with Gasteiger partial charge in [-0.3, -0.25) is 4.79 Å². The van der Waals surface area contributed by atoms with E-state index in [1.165, 1.54) is 0 Å². The van der Waals surface area contributed by atoms with Crippen LogP contribution in [0.3, 0.4) is 0 Å². The lowest BCUT2D eigenvalue weighted by molar-refractivity contribution is 0.0993. The van der Waals surface area contributed by atoms with Crippen LogP contribution in [0.25, 0.3) is 10.8 Å². The normalized spacial score (nSPS) is 10.8. The first-order valence-corrected chi connectivity index (χ1v) is 7.04. The minimum Gasteiger partial charge on any atom is -0.294 e. The molecule has 2 aromatic carbocycles. The van der Waals surface area contributed by atoms with Crippen molar-refractivity contribution in [3.05, 3.63) is 64.1 Å². The lowest BCUT2D eigenvalue weighted by Crippen LogP contribution is -2.04. The molecule has 0 radical (unpaired) electrons. The Morgan fingerprint density at radius 3 is 2.74 bits per heavy atom. The van der Waals surface area contributed by atoms with Crippen LogP contribution in [0.2, 0.25) is 0 Å². The molecule has 0 spiro atoms. The van der Waals surface area contributed by atoms with Crippen LogP contribution in [-0.4, -0.2) is 10.8 Å². The fourth-order valence-corrected chi connectivity index (χ4v) is 2.83. The van der Waals surface area contributed by atoms with Crippen LogP contribution in [0.15, 0.2) is 47.8 Å². The number of fused-ring (bicyclic) bond motifs is 1. The topological polar surface area (TPSA) is 30.0 Å². The zero-order valence-corrected chi connectivity index (χ0v) is 11.4. The van der Waals surface area contributed by atoms with Gasteiger partial charge in [-0.15, -0.1) is 11.3 Å². The lowest BCUT2D eigenvalue weighted by Gasteiger charge is -2.04. The van der Waals surface area contributed by atoms with E-state index in [4.69, 9.17) is 0 Å². The molecule has 3 aromatic rings. The molecule has 0 amide bonds. The molecule has 1 heterocycles. The highest BCUT2D eigenvalue weighted by Gasteiger charge is 2.12. The van der Waals surface area contributed by atoms with Crippen molar-refractivity contribution in [1.29, 1.82) is 0 Å². The first kappa shape index (κ1) is 12.1. The standard InChI is InChI=1S/C16H13NOS/c1-11-17-13(10-19-11)9-16(18)15-8-4-6-12-5-2-3-7-14(12)15/h2-8,10H,9H2,1H3. The van der Waals surface area contributed by atoms with E-state index in [2.05, 4.69) is 4.98 Å². The van der Waals surface area contributed by atoms with E-state index < -0.39 is 0 Å². The molecular weight excluding hydrogens is 254 g/mol. The zero-order chi connectivity index (χ0) is 13.2. The quantitative estimate of drug-likeness (QED) is 0.671. The van der Waals surface area contributed by atoms with E-state index >= 15 is 0 Å². The molecule has 19 heavy (non-hydrogen) atoms. The summed E-state index contributed by atoms with van der Waals surface area (Å²) in [5, 5.41) is 5.07. The van der Waals surface area contributed by atoms with Crippen LogP contribution in [0.4, 0.5) is 0 Å². The number of carbonyl (C=O) groups excluding carboxylic acids is 1. The van der Waals surface area contributed by atoms with Gasteiger partial charge < -0.3 is 0 Å². The van der Waals surface area contributed by atoms with Crippen molar-refractivity contribution in [3.63, 3.8) is 0 Å². The first-order chi connectivity index (χ1) is 9.24. The van der Waals surface area contributed by atoms with Crippen molar-refractivity contribution >= 4 is 27.9 Å². The number of benzene rings is 2. The summed E-state index contributed by atoms with van der Waals surface area (Å²) < 4.78 is 0. The monoisotopic (exact) mass is 267 g/mol. The van der Waals surface area contributed by atoms with Gasteiger partial charge in [-0.05, 0) is 17.7 Å². The van der Waals surface area contributed by atoms with Crippen LogP contribution < -0.4 is 0 Å². The van der Waals surface area contributed by atoms with Crippen LogP contribution >= 0.6 is 11.3 Å². The van der Waals surface area contributed by atoms with Gasteiger partial charge in [0.1, 0.15) is 0 Å². The highest BCUT2D eigenvalue weighted by Crippen LogP contribution is 2.20. The van der Waals surface area contributed by atoms with Gasteiger partial charge >= 0.3 is 0 Å². The van der Waals surface area contributed by atoms with Gasteiger partial charge in [0.25, 0.3) is 0 Å². The van der Waals surface area contributed by atoms with E-state index in [1.54, 1.807) is 11.3 Å². The fraction of sp³-hybridized carbons (Fsp3) is 0.125. The molecule has 0 saturated carbocycles. The molecule has 2 nitrogen and oxygen atoms in total. The molecule has 0 aliphatic carbocycles. The molecule has 0 bridgehead atoms. The Balaban J connectivity index is 1.97. The first-order valence-electron chi connectivity index (χ1n) is 6.16. The largest absolute Gasteiger partial charge is 0.294 e. The maximum absolute atomic E-state index is 12.4. The lowest BCUT2D eigenvalue weighted by atomic mass is 9.99. The van der Waals surface area contributed by atoms with E-state index in [1.807, 2.05) is 54.8 Å². The van der Waals surface area contributed by atoms with Gasteiger partial charge in [0.05, 0.1) is 17.1 Å². The second-order valence-corrected chi connectivity index (χ2v) is 5.55. The molecule has 0 aliphatic rings. The highest BCUT2D eigenvalue weighted by molar-refractivity contribution is 7.09. The number of hydrogen-bond donors (Lipinski definition) is 0. The number of aryl methyl sites for hydroxylation is 1. The van der Waals surface area contributed by atoms with Gasteiger partial charge in [-0.25, -0.2) is 4.98 Å². The van der Waals surface area contributed by atoms with Crippen LogP contribution in [-0.2, 0) is 6.42 Å². The fourth-order valence-electron chi connectivity index (χ4n) is 2.22. The molecule has 3 rings (SSSR count). The summed E-state index contributed by atoms with van der Waals surface area (Å²) in [6, 6.07) is 13.8. The number of hydrogen-bond acceptors (Lipinski definition) is 3. The van der Waals surface area contributed by atoms with E-state index in [0.29, 0.717) is 6.42 Å². The molecule has 1 aromatic heterocycles. The third-order valence-corrected chi connectivity index (χ3v) is 3.92. The Morgan fingerprint density at radius 2 is 1.95 bits per heavy atom. The molecule has 3 heteroatoms. The number of Topliss-reactive ketones (excluding diaryl/α,β-unsaturated/α-hetero) is 1. The van der Waals surface area contributed by atoms with Crippen molar-refractivity contribution in [2.75, 3.05) is 0 Å². The van der Waals surface area contributed by atoms with Gasteiger partial charge in [0.15, 0.2) is 5.78 Å². The van der Waals surface area contributed by atoms with Gasteiger partial charge in [0.2, 0.25) is 0 Å². The number of thiazole rings is 1. The van der Waals surface area contributed by atoms with Crippen LogP contribution in [0, 0.1) is 6.92 Å². The summed E-state index contributed by atoms with van der Waals surface area (Å²) in [5.41, 5.74) is 1.64. The summed E-state index contributed by atoms with van der Waals surface area (Å²) in [5.74, 6) is 0.127. The maximum Gasteiger partial charge on any atom is 0.169 e. The smallest absolute Gasteiger partial charge is 0.169 e. The Kier molecular flexibility index (Phi) is 3.13. The SMILES string of the molecule is Cc1nc(CC(=O)c2cccc3ccccc23)cs1. The molecule has 0 aliphatic heterocycles. The molecule has 0 saturated heterocycles. The molecule has 0 N–H and O–H groups in total. The second kappa shape index (κ2) is 4.94. The maximum atomic E-state index is 12.4. The second-order valence-electron chi connectivity index (χ2n) is 4.48. The van der Waals surface area contributed by atoms with Crippen molar-refractivity contribution in [1.82, 2.24) is 4.98 Å². The third kappa shape index (κ3) is 2.42. The molecule has 0 atom stereocenters. The number of ketones is 1. The highest BCUT2D eigenvalue weighted by atomic mass is 32.1. The summed E-state index contributed by atoms with van der Waals surface area (Å²) >= 11 is 1.58. The van der Waals surface area contributed by atoms with E-state index in [-0.39, 0.29) is 5.78 Å². The summed E-state index contributed by atoms with van der Waals surface area (Å²) in [6.07, 6.45) is 0.373. The Morgan fingerprint density at radius 1 is 1.16 bits per heavy atom. The van der Waals surface area contributed by atoms with Crippen LogP contribution in [0.1, 0.15) is 21.1 Å². The number of aromatic nitrogens is 1. The predicted molar refractivity (Wildman–Crippen MR) is 78.8 cm³/mol. The van der Waals surface area contributed by atoms with Crippen molar-refractivity contribution in [3.8, 4) is 0 Å². The predicted octanol–water partition coefficient (Wildman–Crippen LogP) is 4.03. The van der Waals surface area contributed by atoms with E-state index in [9.17, 15) is 4.79 Å². The van der Waals surface area contributed by atoms with Crippen molar-refractivity contribution in [2.24, 2.45) is 0 Å². The molecule has 0 unspecified atom stereocenters. The minimum absolute atomic E-state index is 0.127. The average Bonchev–Trinajstić information content (AvgIpc) is 2.83. The Bertz CT molecular complexity index is 740. The average molecular weight is 267 g/mol. The number of carbonyl (C=O) groups is 1. The third-order valence-electron chi connectivity index (χ3n) is 3.10. The molecule has 94 valence electrons. The molecule has 0 fully saturated rings. The van der Waals surface area contributed by atoms with Gasteiger partial charge in [0, 0.05) is 10.9 Å². The van der Waals surface area contributed by atoms with Gasteiger partial charge in [-0.1, -0.05) is 42.5 Å². The van der Waals surface area contributed by atoms with E-state index in [0.717, 1.165) is 27.0 Å².